The van der Waals surface area contributed by atoms with Crippen LogP contribution in [0, 0.1) is 0 Å². The van der Waals surface area contributed by atoms with Gasteiger partial charge in [-0.2, -0.15) is 5.10 Å². The first-order valence-electron chi connectivity index (χ1n) is 11.1. The molecule has 2 aromatic rings. The molecule has 0 saturated carbocycles. The zero-order valence-electron chi connectivity index (χ0n) is 19.4. The number of nitrogens with zero attached hydrogens (tertiary/aromatic N) is 2. The van der Waals surface area contributed by atoms with Crippen LogP contribution in [0.3, 0.4) is 0 Å². The largest absolute Gasteiger partial charge is 0.490 e. The van der Waals surface area contributed by atoms with E-state index in [4.69, 9.17) is 14.2 Å². The van der Waals surface area contributed by atoms with Gasteiger partial charge >= 0.3 is 0 Å². The molecule has 2 aromatic carbocycles. The van der Waals surface area contributed by atoms with Crippen LogP contribution in [0.5, 0.6) is 17.2 Å². The van der Waals surface area contributed by atoms with Crippen LogP contribution in [-0.2, 0) is 0 Å². The number of ether oxygens (including phenoxy) is 3. The normalized spacial score (nSPS) is 12.7. The molecule has 176 valence electrons. The first kappa shape index (κ1) is 23.9. The molecule has 0 fully saturated rings. The third-order valence-corrected chi connectivity index (χ3v) is 4.87. The number of carbonyl (C=O) groups excluding carboxylic acids is 2. The monoisotopic (exact) mass is 454 g/mol. The Labute approximate surface area is 193 Å². The molecule has 1 aliphatic rings. The average molecular weight is 455 g/mol. The predicted molar refractivity (Wildman–Crippen MR) is 126 cm³/mol. The molecule has 0 unspecified atom stereocenters. The van der Waals surface area contributed by atoms with E-state index in [2.05, 4.69) is 16.0 Å². The quantitative estimate of drug-likeness (QED) is 0.562. The lowest BCUT2D eigenvalue weighted by molar-refractivity contribution is 0.0846. The minimum absolute atomic E-state index is 0.267. The van der Waals surface area contributed by atoms with E-state index >= 15 is 0 Å². The summed E-state index contributed by atoms with van der Waals surface area (Å²) < 4.78 is 16.9. The fourth-order valence-corrected chi connectivity index (χ4v) is 3.32. The molecule has 33 heavy (non-hydrogen) atoms. The summed E-state index contributed by atoms with van der Waals surface area (Å²) in [6.07, 6.45) is 0.926. The highest BCUT2D eigenvalue weighted by molar-refractivity contribution is 6.00. The Bertz CT molecular complexity index is 993. The summed E-state index contributed by atoms with van der Waals surface area (Å²) in [5.41, 5.74) is 7.55. The Hall–Kier alpha value is -3.75. The number of benzene rings is 2. The SMILES string of the molecule is CCOc1cc(C(=O)NNC(=O)c2ccc(N3CCC(C)=N3)cc2)cc(OCC)c1OCC. The topological polar surface area (TPSA) is 101 Å². The van der Waals surface area contributed by atoms with Gasteiger partial charge in [-0.3, -0.25) is 25.4 Å². The molecule has 2 N–H and O–H groups in total. The minimum Gasteiger partial charge on any atom is -0.490 e. The molecule has 3 rings (SSSR count). The summed E-state index contributed by atoms with van der Waals surface area (Å²) >= 11 is 0. The second-order valence-electron chi connectivity index (χ2n) is 7.26. The number of rotatable bonds is 9. The molecule has 0 radical (unpaired) electrons. The van der Waals surface area contributed by atoms with Crippen molar-refractivity contribution >= 4 is 23.2 Å². The molecule has 2 amide bonds. The first-order valence-corrected chi connectivity index (χ1v) is 11.1. The van der Waals surface area contributed by atoms with Gasteiger partial charge in [0.15, 0.2) is 11.5 Å². The van der Waals surface area contributed by atoms with Crippen molar-refractivity contribution in [2.75, 3.05) is 31.4 Å². The van der Waals surface area contributed by atoms with Crippen molar-refractivity contribution in [1.29, 1.82) is 0 Å². The molecule has 9 nitrogen and oxygen atoms in total. The summed E-state index contributed by atoms with van der Waals surface area (Å²) in [6, 6.07) is 10.2. The van der Waals surface area contributed by atoms with Gasteiger partial charge in [0.25, 0.3) is 11.8 Å². The van der Waals surface area contributed by atoms with Crippen molar-refractivity contribution < 1.29 is 23.8 Å². The van der Waals surface area contributed by atoms with Crippen LogP contribution in [0.2, 0.25) is 0 Å². The maximum absolute atomic E-state index is 12.7. The molecule has 0 aliphatic carbocycles. The molecular formula is C24H30N4O5. The number of hydrogen-bond acceptors (Lipinski definition) is 7. The standard InChI is InChI=1S/C24H30N4O5/c1-5-31-20-14-18(15-21(32-6-2)22(20)33-7-3)24(30)26-25-23(29)17-8-10-19(11-9-17)28-13-12-16(4)27-28/h8-11,14-15H,5-7,12-13H2,1-4H3,(H,25,29)(H,26,30). The Kier molecular flexibility index (Phi) is 8.12. The number of hydrazine groups is 1. The molecule has 0 bridgehead atoms. The number of hydrogen-bond donors (Lipinski definition) is 2. The van der Waals surface area contributed by atoms with Crippen LogP contribution >= 0.6 is 0 Å². The van der Waals surface area contributed by atoms with Crippen LogP contribution in [0.1, 0.15) is 54.8 Å². The fraction of sp³-hybridized carbons (Fsp3) is 0.375. The number of carbonyl (C=O) groups is 2. The lowest BCUT2D eigenvalue weighted by Crippen LogP contribution is -2.41. The highest BCUT2D eigenvalue weighted by Gasteiger charge is 2.19. The lowest BCUT2D eigenvalue weighted by atomic mass is 10.1. The molecule has 0 aromatic heterocycles. The number of hydrazone groups is 1. The van der Waals surface area contributed by atoms with Gasteiger partial charge in [-0.1, -0.05) is 0 Å². The highest BCUT2D eigenvalue weighted by atomic mass is 16.5. The van der Waals surface area contributed by atoms with Crippen molar-refractivity contribution in [2.45, 2.75) is 34.1 Å². The number of anilines is 1. The summed E-state index contributed by atoms with van der Waals surface area (Å²) in [6.45, 7) is 9.55. The van der Waals surface area contributed by atoms with E-state index in [-0.39, 0.29) is 5.56 Å². The average Bonchev–Trinajstić information content (AvgIpc) is 3.25. The van der Waals surface area contributed by atoms with E-state index in [9.17, 15) is 9.59 Å². The van der Waals surface area contributed by atoms with Crippen molar-refractivity contribution in [2.24, 2.45) is 5.10 Å². The van der Waals surface area contributed by atoms with E-state index in [0.717, 1.165) is 24.4 Å². The van der Waals surface area contributed by atoms with E-state index in [1.807, 2.05) is 44.8 Å². The zero-order valence-corrected chi connectivity index (χ0v) is 19.4. The van der Waals surface area contributed by atoms with Crippen LogP contribution in [0.15, 0.2) is 41.5 Å². The van der Waals surface area contributed by atoms with Crippen molar-refractivity contribution in [3.05, 3.63) is 47.5 Å². The van der Waals surface area contributed by atoms with Gasteiger partial charge in [-0.25, -0.2) is 0 Å². The van der Waals surface area contributed by atoms with Crippen LogP contribution < -0.4 is 30.1 Å². The first-order chi connectivity index (χ1) is 16.0. The van der Waals surface area contributed by atoms with Gasteiger partial charge in [0.05, 0.1) is 25.5 Å². The van der Waals surface area contributed by atoms with Crippen LogP contribution in [0.4, 0.5) is 5.69 Å². The number of amides is 2. The maximum Gasteiger partial charge on any atom is 0.269 e. The molecule has 1 aliphatic heterocycles. The van der Waals surface area contributed by atoms with E-state index in [1.165, 1.54) is 0 Å². The van der Waals surface area contributed by atoms with Gasteiger partial charge in [0, 0.05) is 29.8 Å². The van der Waals surface area contributed by atoms with Crippen molar-refractivity contribution in [3.8, 4) is 17.2 Å². The van der Waals surface area contributed by atoms with Gasteiger partial charge in [0.1, 0.15) is 0 Å². The third kappa shape index (κ3) is 5.94. The van der Waals surface area contributed by atoms with Gasteiger partial charge in [0.2, 0.25) is 5.75 Å². The molecule has 0 spiro atoms. The Morgan fingerprint density at radius 1 is 0.879 bits per heavy atom. The van der Waals surface area contributed by atoms with E-state index < -0.39 is 11.8 Å². The van der Waals surface area contributed by atoms with E-state index in [0.29, 0.717) is 42.6 Å². The van der Waals surface area contributed by atoms with Crippen molar-refractivity contribution in [1.82, 2.24) is 10.9 Å². The van der Waals surface area contributed by atoms with E-state index in [1.54, 1.807) is 24.3 Å². The fourth-order valence-electron chi connectivity index (χ4n) is 3.32. The molecule has 1 heterocycles. The molecular weight excluding hydrogens is 424 g/mol. The smallest absolute Gasteiger partial charge is 0.269 e. The van der Waals surface area contributed by atoms with Gasteiger partial charge in [-0.05, 0) is 64.1 Å². The van der Waals surface area contributed by atoms with Gasteiger partial charge in [-0.15, -0.1) is 0 Å². The Morgan fingerprint density at radius 2 is 1.42 bits per heavy atom. The summed E-state index contributed by atoms with van der Waals surface area (Å²) in [5, 5.41) is 6.35. The maximum atomic E-state index is 12.7. The Balaban J connectivity index is 1.68. The number of nitrogens with one attached hydrogen (secondary N) is 2. The van der Waals surface area contributed by atoms with Crippen LogP contribution in [0.25, 0.3) is 0 Å². The molecule has 0 saturated heterocycles. The van der Waals surface area contributed by atoms with Crippen LogP contribution in [-0.4, -0.2) is 43.9 Å². The second kappa shape index (κ2) is 11.2. The summed E-state index contributed by atoms with van der Waals surface area (Å²) in [7, 11) is 0. The highest BCUT2D eigenvalue weighted by Crippen LogP contribution is 2.39. The summed E-state index contributed by atoms with van der Waals surface area (Å²) in [4.78, 5) is 25.2. The third-order valence-electron chi connectivity index (χ3n) is 4.87. The van der Waals surface area contributed by atoms with Crippen molar-refractivity contribution in [3.63, 3.8) is 0 Å². The Morgan fingerprint density at radius 3 is 1.91 bits per heavy atom. The lowest BCUT2D eigenvalue weighted by Gasteiger charge is -2.17. The summed E-state index contributed by atoms with van der Waals surface area (Å²) in [5.74, 6) is 0.303. The molecule has 0 atom stereocenters. The van der Waals surface area contributed by atoms with Gasteiger partial charge < -0.3 is 14.2 Å². The minimum atomic E-state index is -0.508. The zero-order chi connectivity index (χ0) is 23.8. The predicted octanol–water partition coefficient (Wildman–Crippen LogP) is 3.54. The second-order valence-corrected chi connectivity index (χ2v) is 7.26. The molecule has 9 heteroatoms.